The first-order chi connectivity index (χ1) is 13.9. The molecule has 4 rings (SSSR count). The Hall–Kier alpha value is -2.94. The van der Waals surface area contributed by atoms with Gasteiger partial charge in [-0.2, -0.15) is 0 Å². The fourth-order valence-electron chi connectivity index (χ4n) is 4.54. The highest BCUT2D eigenvalue weighted by molar-refractivity contribution is 5.94. The zero-order valence-corrected chi connectivity index (χ0v) is 18.0. The van der Waals surface area contributed by atoms with Gasteiger partial charge in [0, 0.05) is 25.0 Å². The Balaban J connectivity index is 1.76. The van der Waals surface area contributed by atoms with E-state index < -0.39 is 0 Å². The van der Waals surface area contributed by atoms with Gasteiger partial charge >= 0.3 is 0 Å². The molecule has 0 bridgehead atoms. The molecule has 0 N–H and O–H groups in total. The molecule has 2 aromatic carbocycles. The number of aryl methyl sites for hydroxylation is 2. The number of pyridine rings is 1. The molecule has 3 heteroatoms. The molecule has 0 radical (unpaired) electrons. The summed E-state index contributed by atoms with van der Waals surface area (Å²) in [7, 11) is 0. The molecule has 1 amide bonds. The second-order valence-electron chi connectivity index (χ2n) is 8.13. The van der Waals surface area contributed by atoms with Crippen LogP contribution in [0.15, 0.2) is 42.6 Å². The monoisotopic (exact) mass is 384 g/mol. The number of carbonyl (C=O) groups is 1. The zero-order chi connectivity index (χ0) is 20.7. The molecule has 3 aromatic rings. The fourth-order valence-corrected chi connectivity index (χ4v) is 4.54. The third-order valence-corrected chi connectivity index (χ3v) is 6.24. The van der Waals surface area contributed by atoms with Gasteiger partial charge in [0.05, 0.1) is 5.56 Å². The first kappa shape index (κ1) is 19.4. The first-order valence-electron chi connectivity index (χ1n) is 10.3. The average molecular weight is 385 g/mol. The van der Waals surface area contributed by atoms with E-state index in [1.54, 1.807) is 6.20 Å². The minimum atomic E-state index is 0.0578. The van der Waals surface area contributed by atoms with Crippen LogP contribution in [-0.2, 0) is 19.5 Å². The van der Waals surface area contributed by atoms with Crippen LogP contribution in [0.4, 0.5) is 0 Å². The van der Waals surface area contributed by atoms with Crippen LogP contribution in [-0.4, -0.2) is 15.8 Å². The summed E-state index contributed by atoms with van der Waals surface area (Å²) >= 11 is 0. The normalized spacial score (nSPS) is 12.9. The van der Waals surface area contributed by atoms with E-state index in [-0.39, 0.29) is 5.91 Å². The van der Waals surface area contributed by atoms with Crippen LogP contribution >= 0.6 is 0 Å². The van der Waals surface area contributed by atoms with Crippen molar-refractivity contribution < 1.29 is 4.79 Å². The zero-order valence-electron chi connectivity index (χ0n) is 18.0. The summed E-state index contributed by atoms with van der Waals surface area (Å²) in [5, 5.41) is 0. The molecule has 0 spiro atoms. The lowest BCUT2D eigenvalue weighted by molar-refractivity contribution is 0.0751. The predicted octanol–water partition coefficient (Wildman–Crippen LogP) is 5.70. The lowest BCUT2D eigenvalue weighted by Gasteiger charge is -2.19. The number of fused-ring (bicyclic) bond motifs is 1. The highest BCUT2D eigenvalue weighted by atomic mass is 16.2. The molecule has 148 valence electrons. The summed E-state index contributed by atoms with van der Waals surface area (Å²) in [5.74, 6) is 0.0578. The number of carbonyl (C=O) groups excluding carboxylic acids is 1. The predicted molar refractivity (Wildman–Crippen MR) is 118 cm³/mol. The number of nitrogens with zero attached hydrogens (tertiary/aromatic N) is 2. The quantitative estimate of drug-likeness (QED) is 0.580. The van der Waals surface area contributed by atoms with E-state index in [0.717, 1.165) is 12.1 Å². The highest BCUT2D eigenvalue weighted by Gasteiger charge is 2.30. The summed E-state index contributed by atoms with van der Waals surface area (Å²) in [6.45, 7) is 12.1. The summed E-state index contributed by atoms with van der Waals surface area (Å²) < 4.78 is 0. The molecule has 1 aliphatic rings. The molecule has 0 unspecified atom stereocenters. The minimum Gasteiger partial charge on any atom is -0.330 e. The van der Waals surface area contributed by atoms with Gasteiger partial charge in [-0.15, -0.1) is 0 Å². The Morgan fingerprint density at radius 1 is 0.931 bits per heavy atom. The molecule has 1 aromatic heterocycles. The van der Waals surface area contributed by atoms with E-state index >= 15 is 0 Å². The van der Waals surface area contributed by atoms with Gasteiger partial charge in [-0.05, 0) is 85.2 Å². The Morgan fingerprint density at radius 3 is 2.17 bits per heavy atom. The van der Waals surface area contributed by atoms with Crippen molar-refractivity contribution in [3.63, 3.8) is 0 Å². The summed E-state index contributed by atoms with van der Waals surface area (Å²) in [6, 6.07) is 12.6. The van der Waals surface area contributed by atoms with Gasteiger partial charge in [0.15, 0.2) is 0 Å². The van der Waals surface area contributed by atoms with Crippen molar-refractivity contribution in [3.05, 3.63) is 87.2 Å². The van der Waals surface area contributed by atoms with Gasteiger partial charge < -0.3 is 4.90 Å². The molecule has 1 aliphatic heterocycles. The van der Waals surface area contributed by atoms with Gasteiger partial charge in [-0.25, -0.2) is 0 Å². The molecular weight excluding hydrogens is 356 g/mol. The van der Waals surface area contributed by atoms with Crippen LogP contribution in [0.3, 0.4) is 0 Å². The number of hydrogen-bond donors (Lipinski definition) is 0. The molecular formula is C26H28N2O. The maximum absolute atomic E-state index is 13.1. The average Bonchev–Trinajstić information content (AvgIpc) is 3.17. The smallest absolute Gasteiger partial charge is 0.256 e. The van der Waals surface area contributed by atoms with Crippen LogP contribution in [0, 0.1) is 27.7 Å². The molecule has 2 heterocycles. The van der Waals surface area contributed by atoms with Gasteiger partial charge in [-0.1, -0.05) is 36.8 Å². The molecule has 0 atom stereocenters. The van der Waals surface area contributed by atoms with E-state index in [9.17, 15) is 4.79 Å². The van der Waals surface area contributed by atoms with E-state index in [0.29, 0.717) is 18.7 Å². The summed E-state index contributed by atoms with van der Waals surface area (Å²) in [6.07, 6.45) is 2.68. The topological polar surface area (TPSA) is 33.2 Å². The molecule has 29 heavy (non-hydrogen) atoms. The summed E-state index contributed by atoms with van der Waals surface area (Å²) in [5.41, 5.74) is 12.1. The van der Waals surface area contributed by atoms with E-state index in [1.807, 2.05) is 24.0 Å². The molecule has 0 saturated heterocycles. The van der Waals surface area contributed by atoms with Crippen molar-refractivity contribution in [2.45, 2.75) is 54.1 Å². The second kappa shape index (κ2) is 7.47. The lowest BCUT2D eigenvalue weighted by atomic mass is 9.84. The number of hydrogen-bond acceptors (Lipinski definition) is 2. The van der Waals surface area contributed by atoms with Crippen molar-refractivity contribution in [1.29, 1.82) is 0 Å². The van der Waals surface area contributed by atoms with Gasteiger partial charge in [-0.3, -0.25) is 9.78 Å². The van der Waals surface area contributed by atoms with Crippen LogP contribution in [0.1, 0.15) is 56.4 Å². The second-order valence-corrected chi connectivity index (χ2v) is 8.13. The lowest BCUT2D eigenvalue weighted by Crippen LogP contribution is -2.25. The maximum Gasteiger partial charge on any atom is 0.256 e. The molecule has 0 aliphatic carbocycles. The van der Waals surface area contributed by atoms with Gasteiger partial charge in [0.2, 0.25) is 0 Å². The standard InChI is InChI=1S/C26H28N2O/c1-6-22-18(4)23-14-28(26(29)21-12-9-17(3)27-13-21)15-24(23)19(5)25(22)20-10-7-16(2)8-11-20/h7-13H,6,14-15H2,1-5H3. The van der Waals surface area contributed by atoms with Crippen molar-refractivity contribution in [2.24, 2.45) is 0 Å². The van der Waals surface area contributed by atoms with Crippen LogP contribution < -0.4 is 0 Å². The van der Waals surface area contributed by atoms with Crippen molar-refractivity contribution in [3.8, 4) is 11.1 Å². The third-order valence-electron chi connectivity index (χ3n) is 6.24. The van der Waals surface area contributed by atoms with Gasteiger partial charge in [0.1, 0.15) is 0 Å². The Kier molecular flexibility index (Phi) is 4.99. The molecule has 0 saturated carbocycles. The highest BCUT2D eigenvalue weighted by Crippen LogP contribution is 2.39. The SMILES string of the molecule is CCc1c(C)c2c(c(C)c1-c1ccc(C)cc1)CN(C(=O)c1ccc(C)nc1)C2. The van der Waals surface area contributed by atoms with Crippen LogP contribution in [0.5, 0.6) is 0 Å². The largest absolute Gasteiger partial charge is 0.330 e. The Bertz CT molecular complexity index is 1080. The first-order valence-corrected chi connectivity index (χ1v) is 10.3. The van der Waals surface area contributed by atoms with Crippen molar-refractivity contribution in [2.75, 3.05) is 0 Å². The van der Waals surface area contributed by atoms with Gasteiger partial charge in [0.25, 0.3) is 5.91 Å². The Labute approximate surface area is 173 Å². The molecule has 3 nitrogen and oxygen atoms in total. The molecule has 0 fully saturated rings. The van der Waals surface area contributed by atoms with Crippen LogP contribution in [0.25, 0.3) is 11.1 Å². The van der Waals surface area contributed by atoms with Crippen LogP contribution in [0.2, 0.25) is 0 Å². The minimum absolute atomic E-state index is 0.0578. The maximum atomic E-state index is 13.1. The van der Waals surface area contributed by atoms with Crippen molar-refractivity contribution >= 4 is 5.91 Å². The Morgan fingerprint density at radius 2 is 1.59 bits per heavy atom. The van der Waals surface area contributed by atoms with Crippen molar-refractivity contribution in [1.82, 2.24) is 9.88 Å². The van der Waals surface area contributed by atoms with E-state index in [2.05, 4.69) is 56.9 Å². The number of aromatic nitrogens is 1. The fraction of sp³-hybridized carbons (Fsp3) is 0.308. The number of benzene rings is 2. The summed E-state index contributed by atoms with van der Waals surface area (Å²) in [4.78, 5) is 19.3. The van der Waals surface area contributed by atoms with E-state index in [4.69, 9.17) is 0 Å². The number of rotatable bonds is 3. The number of amides is 1. The van der Waals surface area contributed by atoms with E-state index in [1.165, 1.54) is 44.5 Å². The third kappa shape index (κ3) is 3.35.